The van der Waals surface area contributed by atoms with E-state index in [1.807, 2.05) is 6.92 Å². The third kappa shape index (κ3) is 4.17. The van der Waals surface area contributed by atoms with Crippen molar-refractivity contribution in [3.05, 3.63) is 48.2 Å². The molecule has 0 saturated heterocycles. The third-order valence-electron chi connectivity index (χ3n) is 5.51. The summed E-state index contributed by atoms with van der Waals surface area (Å²) in [6, 6.07) is 4.26. The molecule has 1 unspecified atom stereocenters. The first kappa shape index (κ1) is 20.4. The minimum atomic E-state index is -2.79. The number of nitrogens with one attached hydrogen (secondary N) is 1. The molecule has 1 amide bonds. The molecule has 2 aromatic rings. The Balaban J connectivity index is 1.80. The molecule has 1 saturated carbocycles. The Hall–Kier alpha value is -2.90. The highest BCUT2D eigenvalue weighted by Crippen LogP contribution is 2.44. The van der Waals surface area contributed by atoms with E-state index in [0.29, 0.717) is 16.8 Å². The van der Waals surface area contributed by atoms with Gasteiger partial charge in [-0.2, -0.15) is 0 Å². The fourth-order valence-corrected chi connectivity index (χ4v) is 3.65. The van der Waals surface area contributed by atoms with Crippen molar-refractivity contribution in [3.63, 3.8) is 0 Å². The van der Waals surface area contributed by atoms with E-state index in [1.54, 1.807) is 6.92 Å². The molecule has 5 nitrogen and oxygen atoms in total. The number of amides is 1. The molecule has 2 heterocycles. The zero-order valence-corrected chi connectivity index (χ0v) is 16.7. The molecule has 4 rings (SSSR count). The van der Waals surface area contributed by atoms with Gasteiger partial charge in [0.1, 0.15) is 17.1 Å². The maximum absolute atomic E-state index is 14.5. The number of halogens is 3. The Morgan fingerprint density at radius 3 is 2.60 bits per heavy atom. The van der Waals surface area contributed by atoms with Crippen LogP contribution in [0.4, 0.5) is 23.7 Å². The minimum Gasteiger partial charge on any atom is -0.443 e. The van der Waals surface area contributed by atoms with E-state index < -0.39 is 35.8 Å². The van der Waals surface area contributed by atoms with E-state index in [-0.39, 0.29) is 17.8 Å². The van der Waals surface area contributed by atoms with Crippen LogP contribution in [-0.2, 0) is 4.74 Å². The fourth-order valence-electron chi connectivity index (χ4n) is 3.65. The lowest BCUT2D eigenvalue weighted by Gasteiger charge is -2.28. The summed E-state index contributed by atoms with van der Waals surface area (Å²) in [5.74, 6) is -3.86. The predicted molar refractivity (Wildman–Crippen MR) is 106 cm³/mol. The summed E-state index contributed by atoms with van der Waals surface area (Å²) in [6.07, 6.45) is 4.42. The zero-order valence-electron chi connectivity index (χ0n) is 16.7. The first-order chi connectivity index (χ1) is 14.2. The van der Waals surface area contributed by atoms with Crippen molar-refractivity contribution in [2.45, 2.75) is 51.1 Å². The largest absolute Gasteiger partial charge is 0.443 e. The molecule has 1 fully saturated rings. The summed E-state index contributed by atoms with van der Waals surface area (Å²) in [5, 5.41) is 2.68. The number of hydrogen-bond donors (Lipinski definition) is 1. The molecule has 8 heteroatoms. The molecule has 30 heavy (non-hydrogen) atoms. The van der Waals surface area contributed by atoms with Crippen molar-refractivity contribution in [1.82, 2.24) is 9.97 Å². The van der Waals surface area contributed by atoms with Gasteiger partial charge >= 0.3 is 6.09 Å². The van der Waals surface area contributed by atoms with Crippen molar-refractivity contribution in [3.8, 4) is 11.3 Å². The van der Waals surface area contributed by atoms with E-state index in [4.69, 9.17) is 4.74 Å². The SMILES string of the molecule is CC1CC(F)(F)CC=C1c1nccc(-c2ncccc2F)c1NC(=O)OC1(C)CC1. The molecular formula is C22H22F3N3O2. The normalized spacial score (nSPS) is 21.5. The summed E-state index contributed by atoms with van der Waals surface area (Å²) < 4.78 is 47.6. The van der Waals surface area contributed by atoms with Gasteiger partial charge in [0.05, 0.1) is 11.4 Å². The highest BCUT2D eigenvalue weighted by molar-refractivity contribution is 5.96. The standard InChI is InChI=1S/C22H22F3N3O2/c1-13-12-22(24,25)7-5-14(13)18-19(28-20(29)30-21(2)8-9-21)15(6-11-27-18)17-16(23)4-3-10-26-17/h3-6,10-11,13H,7-9,12H2,1-2H3,(H,28,29). The summed E-state index contributed by atoms with van der Waals surface area (Å²) in [6.45, 7) is 3.51. The number of rotatable bonds is 4. The average molecular weight is 417 g/mol. The first-order valence-electron chi connectivity index (χ1n) is 9.86. The summed E-state index contributed by atoms with van der Waals surface area (Å²) in [4.78, 5) is 21.0. The summed E-state index contributed by atoms with van der Waals surface area (Å²) >= 11 is 0. The Morgan fingerprint density at radius 1 is 1.20 bits per heavy atom. The number of nitrogens with zero attached hydrogens (tertiary/aromatic N) is 2. The second-order valence-corrected chi connectivity index (χ2v) is 8.21. The first-order valence-corrected chi connectivity index (χ1v) is 9.86. The zero-order chi connectivity index (χ0) is 21.5. The molecule has 1 N–H and O–H groups in total. The van der Waals surface area contributed by atoms with Gasteiger partial charge < -0.3 is 4.74 Å². The molecule has 2 aromatic heterocycles. The van der Waals surface area contributed by atoms with Gasteiger partial charge in [0.2, 0.25) is 0 Å². The number of allylic oxidation sites excluding steroid dienone is 2. The monoisotopic (exact) mass is 417 g/mol. The van der Waals surface area contributed by atoms with Crippen LogP contribution in [-0.4, -0.2) is 27.6 Å². The van der Waals surface area contributed by atoms with Crippen LogP contribution in [0, 0.1) is 11.7 Å². The van der Waals surface area contributed by atoms with Crippen LogP contribution in [0.1, 0.15) is 45.2 Å². The molecule has 0 aromatic carbocycles. The molecular weight excluding hydrogens is 395 g/mol. The summed E-state index contributed by atoms with van der Waals surface area (Å²) in [7, 11) is 0. The van der Waals surface area contributed by atoms with Crippen LogP contribution in [0.2, 0.25) is 0 Å². The predicted octanol–water partition coefficient (Wildman–Crippen LogP) is 5.83. The van der Waals surface area contributed by atoms with E-state index in [1.165, 1.54) is 36.7 Å². The number of carbonyl (C=O) groups is 1. The maximum atomic E-state index is 14.5. The van der Waals surface area contributed by atoms with Crippen LogP contribution in [0.5, 0.6) is 0 Å². The van der Waals surface area contributed by atoms with Crippen molar-refractivity contribution < 1.29 is 22.7 Å². The fraction of sp³-hybridized carbons (Fsp3) is 0.409. The van der Waals surface area contributed by atoms with Crippen molar-refractivity contribution >= 4 is 17.4 Å². The van der Waals surface area contributed by atoms with Crippen molar-refractivity contribution in [1.29, 1.82) is 0 Å². The number of ether oxygens (including phenoxy) is 1. The number of hydrogen-bond acceptors (Lipinski definition) is 4. The average Bonchev–Trinajstić information content (AvgIpc) is 3.39. The van der Waals surface area contributed by atoms with Crippen LogP contribution in [0.25, 0.3) is 16.8 Å². The number of aromatic nitrogens is 2. The number of anilines is 1. The molecule has 1 atom stereocenters. The van der Waals surface area contributed by atoms with Gasteiger partial charge in [-0.25, -0.2) is 18.0 Å². The van der Waals surface area contributed by atoms with Gasteiger partial charge in [0, 0.05) is 30.8 Å². The molecule has 0 radical (unpaired) electrons. The lowest BCUT2D eigenvalue weighted by molar-refractivity contribution is -0.0161. The third-order valence-corrected chi connectivity index (χ3v) is 5.51. The highest BCUT2D eigenvalue weighted by atomic mass is 19.3. The molecule has 2 aliphatic carbocycles. The molecule has 0 spiro atoms. The number of alkyl halides is 2. The van der Waals surface area contributed by atoms with Gasteiger partial charge in [0.15, 0.2) is 0 Å². The molecule has 0 aliphatic heterocycles. The van der Waals surface area contributed by atoms with Gasteiger partial charge in [0.25, 0.3) is 5.92 Å². The van der Waals surface area contributed by atoms with Gasteiger partial charge in [-0.1, -0.05) is 13.0 Å². The Labute approximate surface area is 172 Å². The van der Waals surface area contributed by atoms with Crippen LogP contribution >= 0.6 is 0 Å². The molecule has 0 bridgehead atoms. The number of pyridine rings is 2. The van der Waals surface area contributed by atoms with Crippen molar-refractivity contribution in [2.24, 2.45) is 5.92 Å². The van der Waals surface area contributed by atoms with Gasteiger partial charge in [-0.3, -0.25) is 15.3 Å². The lowest BCUT2D eigenvalue weighted by Crippen LogP contribution is -2.26. The lowest BCUT2D eigenvalue weighted by atomic mass is 9.84. The minimum absolute atomic E-state index is 0.0310. The Bertz CT molecular complexity index is 1020. The van der Waals surface area contributed by atoms with E-state index in [9.17, 15) is 18.0 Å². The van der Waals surface area contributed by atoms with Gasteiger partial charge in [-0.05, 0) is 49.5 Å². The Kier molecular flexibility index (Phi) is 5.03. The quantitative estimate of drug-likeness (QED) is 0.680. The topological polar surface area (TPSA) is 64.1 Å². The van der Waals surface area contributed by atoms with E-state index in [2.05, 4.69) is 15.3 Å². The second-order valence-electron chi connectivity index (χ2n) is 8.21. The van der Waals surface area contributed by atoms with E-state index >= 15 is 0 Å². The Morgan fingerprint density at radius 2 is 1.93 bits per heavy atom. The van der Waals surface area contributed by atoms with Crippen LogP contribution < -0.4 is 5.32 Å². The molecule has 158 valence electrons. The van der Waals surface area contributed by atoms with E-state index in [0.717, 1.165) is 12.8 Å². The van der Waals surface area contributed by atoms with Crippen LogP contribution in [0.3, 0.4) is 0 Å². The number of carbonyl (C=O) groups excluding carboxylic acids is 1. The molecule has 2 aliphatic rings. The smallest absolute Gasteiger partial charge is 0.412 e. The maximum Gasteiger partial charge on any atom is 0.412 e. The van der Waals surface area contributed by atoms with Crippen LogP contribution in [0.15, 0.2) is 36.7 Å². The van der Waals surface area contributed by atoms with Gasteiger partial charge in [-0.15, -0.1) is 0 Å². The van der Waals surface area contributed by atoms with Crippen molar-refractivity contribution in [2.75, 3.05) is 5.32 Å². The summed E-state index contributed by atoms with van der Waals surface area (Å²) in [5.41, 5.74) is 0.922. The highest BCUT2D eigenvalue weighted by Gasteiger charge is 2.42. The second kappa shape index (κ2) is 7.41.